The average Bonchev–Trinajstić information content (AvgIpc) is 2.59. The van der Waals surface area contributed by atoms with Crippen molar-refractivity contribution in [3.05, 3.63) is 53.7 Å². The Morgan fingerprint density at radius 3 is 2.19 bits per heavy atom. The van der Waals surface area contributed by atoms with E-state index >= 15 is 0 Å². The lowest BCUT2D eigenvalue weighted by atomic mass is 10.0. The van der Waals surface area contributed by atoms with E-state index in [2.05, 4.69) is 15.5 Å². The number of anilines is 1. The van der Waals surface area contributed by atoms with Crippen LogP contribution in [-0.2, 0) is 9.57 Å². The Labute approximate surface area is 153 Å². The molecule has 2 aromatic rings. The molecule has 1 heterocycles. The lowest BCUT2D eigenvalue weighted by Gasteiger charge is -2.19. The van der Waals surface area contributed by atoms with Gasteiger partial charge in [0.25, 0.3) is 0 Å². The van der Waals surface area contributed by atoms with Crippen LogP contribution in [0.4, 0.5) is 10.6 Å². The van der Waals surface area contributed by atoms with Crippen molar-refractivity contribution in [2.45, 2.75) is 26.4 Å². The Morgan fingerprint density at radius 1 is 1.04 bits per heavy atom. The first-order valence-electron chi connectivity index (χ1n) is 8.04. The van der Waals surface area contributed by atoms with Crippen molar-refractivity contribution in [2.75, 3.05) is 19.5 Å². The molecule has 0 spiro atoms. The van der Waals surface area contributed by atoms with Crippen LogP contribution in [0.3, 0.4) is 0 Å². The van der Waals surface area contributed by atoms with Crippen molar-refractivity contribution in [3.63, 3.8) is 0 Å². The maximum atomic E-state index is 11.8. The number of pyridine rings is 1. The second-order valence-corrected chi connectivity index (χ2v) is 6.41. The summed E-state index contributed by atoms with van der Waals surface area (Å²) in [4.78, 5) is 21.0. The van der Waals surface area contributed by atoms with E-state index < -0.39 is 11.7 Å². The summed E-state index contributed by atoms with van der Waals surface area (Å²) in [6.07, 6.45) is 1.05. The predicted molar refractivity (Wildman–Crippen MR) is 99.7 cm³/mol. The molecule has 7 heteroatoms. The van der Waals surface area contributed by atoms with Crippen LogP contribution in [-0.4, -0.2) is 36.6 Å². The van der Waals surface area contributed by atoms with Crippen LogP contribution >= 0.6 is 0 Å². The third-order valence-electron chi connectivity index (χ3n) is 3.21. The molecule has 0 unspecified atom stereocenters. The molecule has 2 rings (SSSR count). The molecule has 1 N–H and O–H groups in total. The Bertz CT molecular complexity index is 763. The zero-order valence-electron chi connectivity index (χ0n) is 15.6. The van der Waals surface area contributed by atoms with Gasteiger partial charge >= 0.3 is 6.09 Å². The van der Waals surface area contributed by atoms with E-state index in [0.717, 1.165) is 16.9 Å². The monoisotopic (exact) mass is 357 g/mol. The highest BCUT2D eigenvalue weighted by Crippen LogP contribution is 2.17. The maximum Gasteiger partial charge on any atom is 0.413 e. The fourth-order valence-corrected chi connectivity index (χ4v) is 2.13. The van der Waals surface area contributed by atoms with Gasteiger partial charge in [-0.3, -0.25) is 5.32 Å². The minimum absolute atomic E-state index is 0.384. The van der Waals surface area contributed by atoms with Crippen molar-refractivity contribution in [1.82, 2.24) is 4.98 Å². The number of amides is 1. The number of oxime groups is 1. The molecule has 0 saturated carbocycles. The summed E-state index contributed by atoms with van der Waals surface area (Å²) in [5, 5.41) is 6.67. The summed E-state index contributed by atoms with van der Waals surface area (Å²) in [6.45, 7) is 5.39. The van der Waals surface area contributed by atoms with Gasteiger partial charge in [-0.15, -0.1) is 0 Å². The minimum atomic E-state index is -0.573. The van der Waals surface area contributed by atoms with Crippen molar-refractivity contribution in [2.24, 2.45) is 5.16 Å². The van der Waals surface area contributed by atoms with Crippen LogP contribution in [0.15, 0.2) is 47.8 Å². The van der Waals surface area contributed by atoms with Gasteiger partial charge in [0.05, 0.1) is 7.11 Å². The Balaban J connectivity index is 2.18. The predicted octanol–water partition coefficient (Wildman–Crippen LogP) is 3.84. The van der Waals surface area contributed by atoms with E-state index in [0.29, 0.717) is 11.5 Å². The number of aromatic nitrogens is 1. The number of ether oxygens (including phenoxy) is 2. The molecular weight excluding hydrogens is 334 g/mol. The first kappa shape index (κ1) is 19.2. The molecule has 138 valence electrons. The number of carbonyl (C=O) groups is 1. The first-order valence-corrected chi connectivity index (χ1v) is 8.04. The molecule has 0 aliphatic heterocycles. The van der Waals surface area contributed by atoms with Gasteiger partial charge in [-0.1, -0.05) is 5.16 Å². The van der Waals surface area contributed by atoms with Gasteiger partial charge in [0, 0.05) is 17.3 Å². The number of carbonyl (C=O) groups excluding carboxylic acids is 1. The van der Waals surface area contributed by atoms with Crippen molar-refractivity contribution < 1.29 is 19.1 Å². The van der Waals surface area contributed by atoms with E-state index in [-0.39, 0.29) is 0 Å². The molecule has 0 aliphatic rings. The lowest BCUT2D eigenvalue weighted by Crippen LogP contribution is -2.27. The van der Waals surface area contributed by atoms with Gasteiger partial charge in [-0.05, 0) is 57.2 Å². The van der Waals surface area contributed by atoms with Crippen molar-refractivity contribution >= 4 is 17.6 Å². The Kier molecular flexibility index (Phi) is 6.16. The average molecular weight is 357 g/mol. The highest BCUT2D eigenvalue weighted by Gasteiger charge is 2.17. The number of benzene rings is 1. The number of nitrogens with one attached hydrogen (secondary N) is 1. The van der Waals surface area contributed by atoms with E-state index in [1.807, 2.05) is 24.3 Å². The van der Waals surface area contributed by atoms with Crippen molar-refractivity contribution in [3.8, 4) is 5.75 Å². The van der Waals surface area contributed by atoms with Crippen molar-refractivity contribution in [1.29, 1.82) is 0 Å². The summed E-state index contributed by atoms with van der Waals surface area (Å²) < 4.78 is 10.4. The Morgan fingerprint density at radius 2 is 1.69 bits per heavy atom. The highest BCUT2D eigenvalue weighted by atomic mass is 16.6. The largest absolute Gasteiger partial charge is 0.497 e. The minimum Gasteiger partial charge on any atom is -0.497 e. The molecule has 0 radical (unpaired) electrons. The number of nitrogens with zero attached hydrogens (tertiary/aromatic N) is 2. The third-order valence-corrected chi connectivity index (χ3v) is 3.21. The normalized spacial score (nSPS) is 11.7. The lowest BCUT2D eigenvalue weighted by molar-refractivity contribution is 0.0635. The quantitative estimate of drug-likeness (QED) is 0.649. The zero-order chi connectivity index (χ0) is 19.2. The Hall–Kier alpha value is -3.09. The van der Waals surface area contributed by atoms with E-state index in [4.69, 9.17) is 14.3 Å². The molecule has 1 amide bonds. The second-order valence-electron chi connectivity index (χ2n) is 6.41. The molecule has 26 heavy (non-hydrogen) atoms. The molecule has 0 saturated heterocycles. The summed E-state index contributed by atoms with van der Waals surface area (Å²) in [5.41, 5.74) is 1.64. The molecule has 0 bridgehead atoms. The van der Waals surface area contributed by atoms with Crippen LogP contribution in [0, 0.1) is 0 Å². The molecule has 0 aliphatic carbocycles. The number of hydrogen-bond donors (Lipinski definition) is 1. The van der Waals surface area contributed by atoms with Crippen LogP contribution in [0.2, 0.25) is 0 Å². The topological polar surface area (TPSA) is 82.0 Å². The third kappa shape index (κ3) is 5.47. The first-order chi connectivity index (χ1) is 12.3. The number of hydrogen-bond acceptors (Lipinski definition) is 6. The SMILES string of the molecule is CON=C(c1ccc(OC)cc1)c1ccc(NC(=O)OC(C)(C)C)nc1. The number of rotatable bonds is 5. The van der Waals surface area contributed by atoms with E-state index in [1.54, 1.807) is 46.2 Å². The summed E-state index contributed by atoms with van der Waals surface area (Å²) in [5.74, 6) is 1.13. The van der Waals surface area contributed by atoms with Crippen LogP contribution in [0.5, 0.6) is 5.75 Å². The fourth-order valence-electron chi connectivity index (χ4n) is 2.13. The molecular formula is C19H23N3O4. The molecule has 1 aromatic heterocycles. The number of methoxy groups -OCH3 is 1. The smallest absolute Gasteiger partial charge is 0.413 e. The summed E-state index contributed by atoms with van der Waals surface area (Å²) >= 11 is 0. The van der Waals surface area contributed by atoms with Gasteiger partial charge in [0.15, 0.2) is 0 Å². The van der Waals surface area contributed by atoms with E-state index in [1.165, 1.54) is 7.11 Å². The maximum absolute atomic E-state index is 11.8. The summed E-state index contributed by atoms with van der Waals surface area (Å²) in [6, 6.07) is 10.9. The van der Waals surface area contributed by atoms with Gasteiger partial charge in [-0.2, -0.15) is 0 Å². The van der Waals surface area contributed by atoms with Gasteiger partial charge in [0.1, 0.15) is 30.0 Å². The van der Waals surface area contributed by atoms with Crippen LogP contribution < -0.4 is 10.1 Å². The van der Waals surface area contributed by atoms with Gasteiger partial charge < -0.3 is 14.3 Å². The highest BCUT2D eigenvalue weighted by molar-refractivity contribution is 6.12. The molecule has 0 atom stereocenters. The fraction of sp³-hybridized carbons (Fsp3) is 0.316. The standard InChI is InChI=1S/C19H23N3O4/c1-19(2,3)26-18(23)21-16-11-8-14(12-20-16)17(22-25-5)13-6-9-15(24-4)10-7-13/h6-12H,1-5H3,(H,20,21,23). The van der Waals surface area contributed by atoms with E-state index in [9.17, 15) is 4.79 Å². The summed E-state index contributed by atoms with van der Waals surface area (Å²) in [7, 11) is 3.09. The zero-order valence-corrected chi connectivity index (χ0v) is 15.6. The van der Waals surface area contributed by atoms with Gasteiger partial charge in [0.2, 0.25) is 0 Å². The second kappa shape index (κ2) is 8.33. The van der Waals surface area contributed by atoms with Crippen LogP contribution in [0.1, 0.15) is 31.9 Å². The van der Waals surface area contributed by atoms with Crippen LogP contribution in [0.25, 0.3) is 0 Å². The molecule has 7 nitrogen and oxygen atoms in total. The molecule has 1 aromatic carbocycles. The molecule has 0 fully saturated rings. The van der Waals surface area contributed by atoms with Gasteiger partial charge in [-0.25, -0.2) is 9.78 Å².